The van der Waals surface area contributed by atoms with Gasteiger partial charge >= 0.3 is 5.97 Å². The smallest absolute Gasteiger partial charge is 0.325 e. The van der Waals surface area contributed by atoms with Crippen molar-refractivity contribution in [2.75, 3.05) is 0 Å². The summed E-state index contributed by atoms with van der Waals surface area (Å²) in [6.07, 6.45) is 4.11. The van der Waals surface area contributed by atoms with E-state index in [2.05, 4.69) is 27.7 Å². The molecule has 1 saturated heterocycles. The Balaban J connectivity index is 1.98. The Kier molecular flexibility index (Phi) is 5.48. The molecule has 1 N–H and O–H groups in total. The minimum absolute atomic E-state index is 0.00257. The van der Waals surface area contributed by atoms with Gasteiger partial charge < -0.3 is 9.94 Å². The molecule has 0 amide bonds. The standard InChI is InChI=1S/C19H29NO3/c1-18(2)12-7-13-19(3,4)20(18)23-17(22)11-10-15-8-5-6-9-16(15)14-21/h5-6,8-9,21H,7,10-14H2,1-4H3. The quantitative estimate of drug-likeness (QED) is 0.900. The van der Waals surface area contributed by atoms with Crippen molar-refractivity contribution in [3.05, 3.63) is 35.4 Å². The van der Waals surface area contributed by atoms with Crippen LogP contribution in [0.5, 0.6) is 0 Å². The predicted molar refractivity (Wildman–Crippen MR) is 90.6 cm³/mol. The Morgan fingerprint density at radius 2 is 1.70 bits per heavy atom. The highest BCUT2D eigenvalue weighted by atomic mass is 16.7. The van der Waals surface area contributed by atoms with Crippen LogP contribution in [0.4, 0.5) is 0 Å². The molecule has 1 fully saturated rings. The van der Waals surface area contributed by atoms with Crippen molar-refractivity contribution < 1.29 is 14.7 Å². The SMILES string of the molecule is CC1(C)CCCC(C)(C)N1OC(=O)CCc1ccccc1CO. The molecule has 4 heteroatoms. The van der Waals surface area contributed by atoms with Crippen LogP contribution in [0.3, 0.4) is 0 Å². The van der Waals surface area contributed by atoms with Gasteiger partial charge in [-0.05, 0) is 64.5 Å². The summed E-state index contributed by atoms with van der Waals surface area (Å²) in [5.41, 5.74) is 1.60. The lowest BCUT2D eigenvalue weighted by Gasteiger charge is -2.50. The Morgan fingerprint density at radius 1 is 1.13 bits per heavy atom. The van der Waals surface area contributed by atoms with Crippen LogP contribution in [0.1, 0.15) is 64.5 Å². The van der Waals surface area contributed by atoms with Crippen LogP contribution >= 0.6 is 0 Å². The van der Waals surface area contributed by atoms with Crippen molar-refractivity contribution in [2.45, 2.75) is 77.5 Å². The van der Waals surface area contributed by atoms with E-state index in [1.807, 2.05) is 29.3 Å². The Hall–Kier alpha value is -1.39. The zero-order chi connectivity index (χ0) is 17.1. The fourth-order valence-corrected chi connectivity index (χ4v) is 3.56. The molecular formula is C19H29NO3. The average molecular weight is 319 g/mol. The van der Waals surface area contributed by atoms with Crippen LogP contribution in [-0.4, -0.2) is 27.2 Å². The number of piperidine rings is 1. The number of hydrogen-bond acceptors (Lipinski definition) is 4. The maximum Gasteiger partial charge on any atom is 0.325 e. The van der Waals surface area contributed by atoms with Crippen LogP contribution in [0.25, 0.3) is 0 Å². The second kappa shape index (κ2) is 7.02. The molecule has 1 aromatic carbocycles. The summed E-state index contributed by atoms with van der Waals surface area (Å²) in [4.78, 5) is 18.1. The van der Waals surface area contributed by atoms with E-state index in [0.717, 1.165) is 30.4 Å². The predicted octanol–water partition coefficient (Wildman–Crippen LogP) is 3.61. The second-order valence-corrected chi connectivity index (χ2v) is 7.66. The average Bonchev–Trinajstić information content (AvgIpc) is 2.49. The van der Waals surface area contributed by atoms with Crippen LogP contribution in [0.2, 0.25) is 0 Å². The molecule has 1 heterocycles. The van der Waals surface area contributed by atoms with Crippen molar-refractivity contribution in [2.24, 2.45) is 0 Å². The van der Waals surface area contributed by atoms with Gasteiger partial charge in [-0.15, -0.1) is 5.06 Å². The zero-order valence-corrected chi connectivity index (χ0v) is 14.8. The summed E-state index contributed by atoms with van der Waals surface area (Å²) < 4.78 is 0. The van der Waals surface area contributed by atoms with Crippen molar-refractivity contribution in [1.82, 2.24) is 5.06 Å². The van der Waals surface area contributed by atoms with Crippen molar-refractivity contribution >= 4 is 5.97 Å². The summed E-state index contributed by atoms with van der Waals surface area (Å²) in [5.74, 6) is -0.208. The van der Waals surface area contributed by atoms with E-state index in [9.17, 15) is 9.90 Å². The fraction of sp³-hybridized carbons (Fsp3) is 0.632. The molecule has 0 atom stereocenters. The summed E-state index contributed by atoms with van der Waals surface area (Å²) >= 11 is 0. The van der Waals surface area contributed by atoms with E-state index >= 15 is 0 Å². The monoisotopic (exact) mass is 319 g/mol. The highest BCUT2D eigenvalue weighted by molar-refractivity contribution is 5.69. The van der Waals surface area contributed by atoms with Gasteiger partial charge in [-0.1, -0.05) is 24.3 Å². The number of nitrogens with zero attached hydrogens (tertiary/aromatic N) is 1. The number of hydroxylamine groups is 2. The van der Waals surface area contributed by atoms with Gasteiger partial charge in [0.25, 0.3) is 0 Å². The number of hydrogen-bond donors (Lipinski definition) is 1. The largest absolute Gasteiger partial charge is 0.392 e. The Bertz CT molecular complexity index is 535. The number of rotatable bonds is 5. The first-order valence-corrected chi connectivity index (χ1v) is 8.45. The molecule has 2 rings (SSSR count). The van der Waals surface area contributed by atoms with Crippen molar-refractivity contribution in [3.8, 4) is 0 Å². The third-order valence-electron chi connectivity index (χ3n) is 4.76. The van der Waals surface area contributed by atoms with Gasteiger partial charge in [0.05, 0.1) is 24.1 Å². The van der Waals surface area contributed by atoms with Gasteiger partial charge in [0.1, 0.15) is 0 Å². The van der Waals surface area contributed by atoms with Gasteiger partial charge in [-0.3, -0.25) is 4.79 Å². The lowest BCUT2D eigenvalue weighted by atomic mass is 9.82. The minimum Gasteiger partial charge on any atom is -0.392 e. The lowest BCUT2D eigenvalue weighted by molar-refractivity contribution is -0.265. The van der Waals surface area contributed by atoms with Crippen LogP contribution < -0.4 is 0 Å². The number of carbonyl (C=O) groups is 1. The zero-order valence-electron chi connectivity index (χ0n) is 14.8. The second-order valence-electron chi connectivity index (χ2n) is 7.66. The van der Waals surface area contributed by atoms with Crippen LogP contribution in [-0.2, 0) is 22.7 Å². The van der Waals surface area contributed by atoms with Gasteiger partial charge in [0, 0.05) is 0 Å². The van der Waals surface area contributed by atoms with E-state index < -0.39 is 0 Å². The molecule has 1 aromatic rings. The van der Waals surface area contributed by atoms with E-state index in [1.54, 1.807) is 0 Å². The molecule has 0 aliphatic carbocycles. The highest BCUT2D eigenvalue weighted by Crippen LogP contribution is 2.38. The molecule has 0 spiro atoms. The molecule has 0 unspecified atom stereocenters. The minimum atomic E-state index is -0.208. The first-order chi connectivity index (χ1) is 10.8. The summed E-state index contributed by atoms with van der Waals surface area (Å²) in [7, 11) is 0. The highest BCUT2D eigenvalue weighted by Gasteiger charge is 2.44. The summed E-state index contributed by atoms with van der Waals surface area (Å²) in [6.45, 7) is 8.51. The first-order valence-electron chi connectivity index (χ1n) is 8.45. The molecule has 4 nitrogen and oxygen atoms in total. The third kappa shape index (κ3) is 4.33. The fourth-order valence-electron chi connectivity index (χ4n) is 3.56. The Labute approximate surface area is 139 Å². The number of carbonyl (C=O) groups excluding carboxylic acids is 1. The number of aryl methyl sites for hydroxylation is 1. The number of benzene rings is 1. The van der Waals surface area contributed by atoms with Gasteiger partial charge in [-0.2, -0.15) is 0 Å². The third-order valence-corrected chi connectivity index (χ3v) is 4.76. The first kappa shape index (κ1) is 18.0. The van der Waals surface area contributed by atoms with E-state index in [-0.39, 0.29) is 23.7 Å². The van der Waals surface area contributed by atoms with Crippen molar-refractivity contribution in [1.29, 1.82) is 0 Å². The molecule has 1 aliphatic heterocycles. The maximum atomic E-state index is 12.3. The van der Waals surface area contributed by atoms with Gasteiger partial charge in [0.2, 0.25) is 0 Å². The maximum absolute atomic E-state index is 12.3. The molecule has 1 aliphatic rings. The van der Waals surface area contributed by atoms with E-state index in [1.165, 1.54) is 0 Å². The topological polar surface area (TPSA) is 49.8 Å². The molecule has 0 radical (unpaired) electrons. The van der Waals surface area contributed by atoms with Gasteiger partial charge in [-0.25, -0.2) is 0 Å². The Morgan fingerprint density at radius 3 is 2.26 bits per heavy atom. The van der Waals surface area contributed by atoms with Crippen LogP contribution in [0, 0.1) is 0 Å². The molecule has 0 aromatic heterocycles. The van der Waals surface area contributed by atoms with Crippen molar-refractivity contribution in [3.63, 3.8) is 0 Å². The van der Waals surface area contributed by atoms with E-state index in [4.69, 9.17) is 4.84 Å². The lowest BCUT2D eigenvalue weighted by Crippen LogP contribution is -2.58. The molecule has 0 saturated carbocycles. The molecule has 23 heavy (non-hydrogen) atoms. The molecular weight excluding hydrogens is 290 g/mol. The number of aliphatic hydroxyl groups is 1. The van der Waals surface area contributed by atoms with Crippen LogP contribution in [0.15, 0.2) is 24.3 Å². The van der Waals surface area contributed by atoms with E-state index in [0.29, 0.717) is 12.8 Å². The number of aliphatic hydroxyl groups excluding tert-OH is 1. The molecule has 0 bridgehead atoms. The molecule has 128 valence electrons. The summed E-state index contributed by atoms with van der Waals surface area (Å²) in [6, 6.07) is 7.66. The normalized spacial score (nSPS) is 20.2. The summed E-state index contributed by atoms with van der Waals surface area (Å²) in [5, 5.41) is 11.3. The van der Waals surface area contributed by atoms with Gasteiger partial charge in [0.15, 0.2) is 0 Å².